The Morgan fingerprint density at radius 3 is 2.84 bits per heavy atom. The fraction of sp³-hybridized carbons (Fsp3) is 0.217. The Bertz CT molecular complexity index is 916. The molecule has 0 fully saturated rings. The fourth-order valence-corrected chi connectivity index (χ4v) is 3.65. The number of H-pyrrole nitrogens is 1. The largest absolute Gasteiger partial charge is 0.359 e. The Hall–Kier alpha value is -2.58. The number of nitrogens with one attached hydrogen (secondary N) is 2. The fourth-order valence-electron chi connectivity index (χ4n) is 3.65. The van der Waals surface area contributed by atoms with Gasteiger partial charge >= 0.3 is 0 Å². The summed E-state index contributed by atoms with van der Waals surface area (Å²) in [4.78, 5) is 3.41. The molecule has 2 heterocycles. The predicted molar refractivity (Wildman–Crippen MR) is 108 cm³/mol. The van der Waals surface area contributed by atoms with Crippen LogP contribution in [0.15, 0.2) is 66.7 Å². The first-order chi connectivity index (χ1) is 12.3. The van der Waals surface area contributed by atoms with Gasteiger partial charge in [0, 0.05) is 29.2 Å². The van der Waals surface area contributed by atoms with Gasteiger partial charge < -0.3 is 10.3 Å². The van der Waals surface area contributed by atoms with Gasteiger partial charge in [0.1, 0.15) is 0 Å². The molecule has 3 aromatic rings. The second-order valence-electron chi connectivity index (χ2n) is 6.80. The lowest BCUT2D eigenvalue weighted by Gasteiger charge is -2.23. The standard InChI is InChI=1S/C23H24N2/c1-17-15-22-19(10-6-12-23(22)25-17)9-5-11-21-16-20(13-14-24-21)18-7-3-2-4-8-18/h2-10,12-13,15,21,24-25H,11,14,16H2,1H3/b9-5+. The van der Waals surface area contributed by atoms with Crippen molar-refractivity contribution in [2.24, 2.45) is 0 Å². The van der Waals surface area contributed by atoms with Gasteiger partial charge in [-0.15, -0.1) is 0 Å². The molecule has 0 saturated heterocycles. The monoisotopic (exact) mass is 328 g/mol. The van der Waals surface area contributed by atoms with E-state index < -0.39 is 0 Å². The number of benzene rings is 2. The molecule has 0 amide bonds. The molecule has 2 heteroatoms. The molecule has 0 saturated carbocycles. The summed E-state index contributed by atoms with van der Waals surface area (Å²) < 4.78 is 0. The third-order valence-electron chi connectivity index (χ3n) is 4.92. The maximum atomic E-state index is 3.61. The predicted octanol–water partition coefficient (Wildman–Crippen LogP) is 5.33. The third-order valence-corrected chi connectivity index (χ3v) is 4.92. The van der Waals surface area contributed by atoms with Gasteiger partial charge in [-0.05, 0) is 48.6 Å². The minimum Gasteiger partial charge on any atom is -0.359 e. The highest BCUT2D eigenvalue weighted by molar-refractivity contribution is 5.89. The number of aromatic nitrogens is 1. The molecular weight excluding hydrogens is 304 g/mol. The number of aromatic amines is 1. The maximum Gasteiger partial charge on any atom is 0.0462 e. The van der Waals surface area contributed by atoms with Crippen LogP contribution in [0.2, 0.25) is 0 Å². The van der Waals surface area contributed by atoms with Crippen molar-refractivity contribution in [3.05, 3.63) is 83.6 Å². The number of hydrogen-bond acceptors (Lipinski definition) is 1. The van der Waals surface area contributed by atoms with Crippen molar-refractivity contribution >= 4 is 22.6 Å². The van der Waals surface area contributed by atoms with E-state index in [1.807, 2.05) is 0 Å². The van der Waals surface area contributed by atoms with Crippen LogP contribution in [0.4, 0.5) is 0 Å². The third kappa shape index (κ3) is 3.59. The molecule has 1 aliphatic heterocycles. The van der Waals surface area contributed by atoms with Crippen LogP contribution in [-0.2, 0) is 0 Å². The van der Waals surface area contributed by atoms with E-state index in [2.05, 4.69) is 90.0 Å². The molecule has 1 aliphatic rings. The van der Waals surface area contributed by atoms with Crippen LogP contribution < -0.4 is 5.32 Å². The van der Waals surface area contributed by atoms with Crippen molar-refractivity contribution < 1.29 is 0 Å². The highest BCUT2D eigenvalue weighted by Gasteiger charge is 2.14. The number of hydrogen-bond donors (Lipinski definition) is 2. The summed E-state index contributed by atoms with van der Waals surface area (Å²) in [5.74, 6) is 0. The zero-order valence-electron chi connectivity index (χ0n) is 14.6. The van der Waals surface area contributed by atoms with Crippen LogP contribution in [0.3, 0.4) is 0 Å². The summed E-state index contributed by atoms with van der Waals surface area (Å²) in [6.07, 6.45) is 9.02. The van der Waals surface area contributed by atoms with Crippen molar-refractivity contribution in [3.8, 4) is 0 Å². The van der Waals surface area contributed by atoms with Gasteiger partial charge in [0.25, 0.3) is 0 Å². The van der Waals surface area contributed by atoms with Crippen LogP contribution >= 0.6 is 0 Å². The Kier molecular flexibility index (Phi) is 4.53. The first-order valence-electron chi connectivity index (χ1n) is 9.02. The first kappa shape index (κ1) is 15.9. The molecule has 1 aromatic heterocycles. The van der Waals surface area contributed by atoms with Gasteiger partial charge in [-0.25, -0.2) is 0 Å². The van der Waals surface area contributed by atoms with Crippen LogP contribution in [0.25, 0.3) is 22.6 Å². The highest BCUT2D eigenvalue weighted by atomic mass is 14.9. The zero-order valence-corrected chi connectivity index (χ0v) is 14.6. The van der Waals surface area contributed by atoms with Gasteiger partial charge in [0.05, 0.1) is 0 Å². The van der Waals surface area contributed by atoms with Crippen molar-refractivity contribution in [1.82, 2.24) is 10.3 Å². The van der Waals surface area contributed by atoms with Crippen LogP contribution in [-0.4, -0.2) is 17.6 Å². The second-order valence-corrected chi connectivity index (χ2v) is 6.80. The topological polar surface area (TPSA) is 27.8 Å². The lowest BCUT2D eigenvalue weighted by molar-refractivity contribution is 0.542. The lowest BCUT2D eigenvalue weighted by Crippen LogP contribution is -2.32. The van der Waals surface area contributed by atoms with Gasteiger partial charge in [-0.2, -0.15) is 0 Å². The van der Waals surface area contributed by atoms with E-state index in [0.717, 1.165) is 19.4 Å². The molecule has 0 bridgehead atoms. The van der Waals surface area contributed by atoms with E-state index in [0.29, 0.717) is 6.04 Å². The summed E-state index contributed by atoms with van der Waals surface area (Å²) in [5.41, 5.74) is 6.52. The van der Waals surface area contributed by atoms with Crippen LogP contribution in [0.5, 0.6) is 0 Å². The molecule has 0 aliphatic carbocycles. The first-order valence-corrected chi connectivity index (χ1v) is 9.02. The van der Waals surface area contributed by atoms with Gasteiger partial charge in [-0.3, -0.25) is 0 Å². The van der Waals surface area contributed by atoms with E-state index in [1.165, 1.54) is 33.3 Å². The summed E-state index contributed by atoms with van der Waals surface area (Å²) in [6, 6.07) is 19.9. The van der Waals surface area contributed by atoms with Gasteiger partial charge in [0.15, 0.2) is 0 Å². The Balaban J connectivity index is 1.44. The molecule has 126 valence electrons. The second kappa shape index (κ2) is 7.12. The molecule has 4 rings (SSSR count). The van der Waals surface area contributed by atoms with Crippen LogP contribution in [0, 0.1) is 6.92 Å². The minimum absolute atomic E-state index is 0.503. The van der Waals surface area contributed by atoms with Crippen molar-refractivity contribution in [1.29, 1.82) is 0 Å². The summed E-state index contributed by atoms with van der Waals surface area (Å²) in [6.45, 7) is 3.06. The van der Waals surface area contributed by atoms with Crippen molar-refractivity contribution in [3.63, 3.8) is 0 Å². The molecule has 0 radical (unpaired) electrons. The molecule has 2 aromatic carbocycles. The maximum absolute atomic E-state index is 3.61. The van der Waals surface area contributed by atoms with E-state index in [4.69, 9.17) is 0 Å². The van der Waals surface area contributed by atoms with Gasteiger partial charge in [-0.1, -0.05) is 60.7 Å². The molecule has 1 atom stereocenters. The average molecular weight is 328 g/mol. The molecule has 2 N–H and O–H groups in total. The van der Waals surface area contributed by atoms with E-state index in [9.17, 15) is 0 Å². The Morgan fingerprint density at radius 1 is 1.08 bits per heavy atom. The normalized spacial score (nSPS) is 18.0. The smallest absolute Gasteiger partial charge is 0.0462 e. The summed E-state index contributed by atoms with van der Waals surface area (Å²) in [7, 11) is 0. The molecule has 1 unspecified atom stereocenters. The lowest BCUT2D eigenvalue weighted by atomic mass is 9.93. The van der Waals surface area contributed by atoms with E-state index in [-0.39, 0.29) is 0 Å². The van der Waals surface area contributed by atoms with Crippen LogP contribution in [0.1, 0.15) is 29.7 Å². The summed E-state index contributed by atoms with van der Waals surface area (Å²) in [5, 5.41) is 4.92. The zero-order chi connectivity index (χ0) is 17.1. The number of aryl methyl sites for hydroxylation is 1. The Morgan fingerprint density at radius 2 is 1.96 bits per heavy atom. The molecule has 25 heavy (non-hydrogen) atoms. The average Bonchev–Trinajstić information content (AvgIpc) is 3.04. The number of rotatable bonds is 4. The minimum atomic E-state index is 0.503. The summed E-state index contributed by atoms with van der Waals surface area (Å²) >= 11 is 0. The molecule has 2 nitrogen and oxygen atoms in total. The SMILES string of the molecule is Cc1cc2c(/C=C/CC3CC(c4ccccc4)=CCN3)cccc2[nH]1. The van der Waals surface area contributed by atoms with E-state index >= 15 is 0 Å². The quantitative estimate of drug-likeness (QED) is 0.666. The van der Waals surface area contributed by atoms with Crippen molar-refractivity contribution in [2.45, 2.75) is 25.8 Å². The highest BCUT2D eigenvalue weighted by Crippen LogP contribution is 2.25. The molecular formula is C23H24N2. The number of fused-ring (bicyclic) bond motifs is 1. The van der Waals surface area contributed by atoms with Gasteiger partial charge in [0.2, 0.25) is 0 Å². The van der Waals surface area contributed by atoms with Crippen molar-refractivity contribution in [2.75, 3.05) is 6.54 Å². The molecule has 0 spiro atoms. The Labute approximate surface area is 149 Å². The van der Waals surface area contributed by atoms with E-state index in [1.54, 1.807) is 0 Å².